The molecule has 0 radical (unpaired) electrons. The van der Waals surface area contributed by atoms with Crippen LogP contribution in [0.3, 0.4) is 0 Å². The SMILES string of the molecule is CCC(C)NC(=O)CN1CC(O)C(O)C1. The molecule has 3 atom stereocenters. The van der Waals surface area contributed by atoms with Gasteiger partial charge >= 0.3 is 0 Å². The highest BCUT2D eigenvalue weighted by Gasteiger charge is 2.30. The van der Waals surface area contributed by atoms with Crippen LogP contribution in [0.15, 0.2) is 0 Å². The summed E-state index contributed by atoms with van der Waals surface area (Å²) in [5, 5.41) is 21.4. The number of hydrogen-bond donors (Lipinski definition) is 3. The van der Waals surface area contributed by atoms with Crippen molar-refractivity contribution in [3.63, 3.8) is 0 Å². The summed E-state index contributed by atoms with van der Waals surface area (Å²) >= 11 is 0. The van der Waals surface area contributed by atoms with Gasteiger partial charge in [-0.2, -0.15) is 0 Å². The molecule has 0 aromatic rings. The Kier molecular flexibility index (Phi) is 4.50. The first kappa shape index (κ1) is 12.4. The summed E-state index contributed by atoms with van der Waals surface area (Å²) in [7, 11) is 0. The second-order valence-corrected chi connectivity index (χ2v) is 4.21. The van der Waals surface area contributed by atoms with Gasteiger partial charge in [0.25, 0.3) is 0 Å². The standard InChI is InChI=1S/C10H20N2O3/c1-3-7(2)11-10(15)6-12-4-8(13)9(14)5-12/h7-9,13-14H,3-6H2,1-2H3,(H,11,15). The number of likely N-dealkylation sites (tertiary alicyclic amines) is 1. The molecule has 0 spiro atoms. The van der Waals surface area contributed by atoms with Crippen molar-refractivity contribution in [2.75, 3.05) is 19.6 Å². The molecular weight excluding hydrogens is 196 g/mol. The van der Waals surface area contributed by atoms with E-state index in [1.807, 2.05) is 13.8 Å². The fourth-order valence-corrected chi connectivity index (χ4v) is 1.60. The van der Waals surface area contributed by atoms with Crippen LogP contribution < -0.4 is 5.32 Å². The third-order valence-electron chi connectivity index (χ3n) is 2.72. The van der Waals surface area contributed by atoms with Crippen LogP contribution >= 0.6 is 0 Å². The van der Waals surface area contributed by atoms with Crippen LogP contribution in [0, 0.1) is 0 Å². The van der Waals surface area contributed by atoms with Crippen molar-refractivity contribution in [3.05, 3.63) is 0 Å². The van der Waals surface area contributed by atoms with E-state index in [2.05, 4.69) is 5.32 Å². The van der Waals surface area contributed by atoms with E-state index in [4.69, 9.17) is 0 Å². The number of β-amino-alcohol motifs (C(OH)–C–C–N with tert-alkyl or cyclic N) is 2. The molecule has 1 saturated heterocycles. The first-order valence-corrected chi connectivity index (χ1v) is 5.40. The van der Waals surface area contributed by atoms with E-state index >= 15 is 0 Å². The predicted octanol–water partition coefficient (Wildman–Crippen LogP) is -1.06. The molecule has 0 aliphatic carbocycles. The third kappa shape index (κ3) is 3.77. The van der Waals surface area contributed by atoms with Gasteiger partial charge in [-0.25, -0.2) is 0 Å². The molecule has 3 unspecified atom stereocenters. The van der Waals surface area contributed by atoms with Gasteiger partial charge in [-0.15, -0.1) is 0 Å². The summed E-state index contributed by atoms with van der Waals surface area (Å²) in [5.41, 5.74) is 0. The number of aliphatic hydroxyl groups excluding tert-OH is 2. The first-order chi connectivity index (χ1) is 7.02. The van der Waals surface area contributed by atoms with Crippen molar-refractivity contribution in [3.8, 4) is 0 Å². The molecule has 5 heteroatoms. The lowest BCUT2D eigenvalue weighted by molar-refractivity contribution is -0.122. The van der Waals surface area contributed by atoms with Gasteiger partial charge < -0.3 is 15.5 Å². The van der Waals surface area contributed by atoms with E-state index in [0.29, 0.717) is 13.1 Å². The van der Waals surface area contributed by atoms with E-state index in [9.17, 15) is 15.0 Å². The molecule has 1 aliphatic rings. The Morgan fingerprint density at radius 1 is 1.47 bits per heavy atom. The highest BCUT2D eigenvalue weighted by Crippen LogP contribution is 2.08. The van der Waals surface area contributed by atoms with Gasteiger partial charge in [0.1, 0.15) is 0 Å². The zero-order chi connectivity index (χ0) is 11.4. The molecule has 1 fully saturated rings. The Bertz CT molecular complexity index is 213. The smallest absolute Gasteiger partial charge is 0.234 e. The number of carbonyl (C=O) groups is 1. The molecule has 1 aliphatic heterocycles. The van der Waals surface area contributed by atoms with Crippen molar-refractivity contribution in [1.82, 2.24) is 10.2 Å². The molecule has 88 valence electrons. The zero-order valence-corrected chi connectivity index (χ0v) is 9.31. The Morgan fingerprint density at radius 2 is 2.00 bits per heavy atom. The zero-order valence-electron chi connectivity index (χ0n) is 9.31. The molecule has 5 nitrogen and oxygen atoms in total. The maximum absolute atomic E-state index is 11.5. The van der Waals surface area contributed by atoms with Crippen molar-refractivity contribution >= 4 is 5.91 Å². The Morgan fingerprint density at radius 3 is 2.47 bits per heavy atom. The molecule has 15 heavy (non-hydrogen) atoms. The van der Waals surface area contributed by atoms with E-state index < -0.39 is 12.2 Å². The quantitative estimate of drug-likeness (QED) is 0.560. The summed E-state index contributed by atoms with van der Waals surface area (Å²) in [5.74, 6) is -0.0503. The van der Waals surface area contributed by atoms with Crippen LogP contribution in [0.5, 0.6) is 0 Å². The fraction of sp³-hybridized carbons (Fsp3) is 0.900. The molecular formula is C10H20N2O3. The van der Waals surface area contributed by atoms with Gasteiger partial charge in [-0.3, -0.25) is 9.69 Å². The molecule has 0 aromatic heterocycles. The van der Waals surface area contributed by atoms with Crippen LogP contribution in [0.2, 0.25) is 0 Å². The molecule has 1 rings (SSSR count). The van der Waals surface area contributed by atoms with Crippen LogP contribution in [0.4, 0.5) is 0 Å². The number of nitrogens with one attached hydrogen (secondary N) is 1. The Labute approximate surface area is 90.1 Å². The lowest BCUT2D eigenvalue weighted by atomic mass is 10.2. The Balaban J connectivity index is 2.27. The third-order valence-corrected chi connectivity index (χ3v) is 2.72. The largest absolute Gasteiger partial charge is 0.389 e. The van der Waals surface area contributed by atoms with E-state index in [0.717, 1.165) is 6.42 Å². The van der Waals surface area contributed by atoms with E-state index in [1.165, 1.54) is 0 Å². The summed E-state index contributed by atoms with van der Waals surface area (Å²) in [6, 6.07) is 0.176. The monoisotopic (exact) mass is 216 g/mol. The molecule has 1 heterocycles. The van der Waals surface area contributed by atoms with Gasteiger partial charge in [0.15, 0.2) is 0 Å². The summed E-state index contributed by atoms with van der Waals surface area (Å²) in [6.07, 6.45) is -0.542. The number of amides is 1. The maximum atomic E-state index is 11.5. The summed E-state index contributed by atoms with van der Waals surface area (Å²) < 4.78 is 0. The van der Waals surface area contributed by atoms with Gasteiger partial charge in [0, 0.05) is 19.1 Å². The number of aliphatic hydroxyl groups is 2. The minimum absolute atomic E-state index is 0.0503. The minimum Gasteiger partial charge on any atom is -0.389 e. The lowest BCUT2D eigenvalue weighted by Crippen LogP contribution is -2.40. The second kappa shape index (κ2) is 5.44. The topological polar surface area (TPSA) is 72.8 Å². The van der Waals surface area contributed by atoms with Crippen LogP contribution in [-0.4, -0.2) is 58.9 Å². The van der Waals surface area contributed by atoms with E-state index in [1.54, 1.807) is 4.90 Å². The van der Waals surface area contributed by atoms with Gasteiger partial charge in [0.2, 0.25) is 5.91 Å². The molecule has 0 aromatic carbocycles. The van der Waals surface area contributed by atoms with Crippen molar-refractivity contribution in [1.29, 1.82) is 0 Å². The predicted molar refractivity (Wildman–Crippen MR) is 56.3 cm³/mol. The highest BCUT2D eigenvalue weighted by molar-refractivity contribution is 5.78. The van der Waals surface area contributed by atoms with Gasteiger partial charge in [-0.05, 0) is 13.3 Å². The molecule has 0 saturated carbocycles. The average molecular weight is 216 g/mol. The molecule has 3 N–H and O–H groups in total. The van der Waals surface area contributed by atoms with Crippen molar-refractivity contribution in [2.45, 2.75) is 38.5 Å². The fourth-order valence-electron chi connectivity index (χ4n) is 1.60. The average Bonchev–Trinajstić information content (AvgIpc) is 2.45. The van der Waals surface area contributed by atoms with Crippen molar-refractivity contribution in [2.24, 2.45) is 0 Å². The van der Waals surface area contributed by atoms with Crippen LogP contribution in [0.25, 0.3) is 0 Å². The number of rotatable bonds is 4. The summed E-state index contributed by atoms with van der Waals surface area (Å²) in [4.78, 5) is 13.2. The Hall–Kier alpha value is -0.650. The minimum atomic E-state index is -0.721. The normalized spacial score (nSPS) is 29.1. The summed E-state index contributed by atoms with van der Waals surface area (Å²) in [6.45, 7) is 4.95. The first-order valence-electron chi connectivity index (χ1n) is 5.40. The van der Waals surface area contributed by atoms with E-state index in [-0.39, 0.29) is 18.5 Å². The lowest BCUT2D eigenvalue weighted by Gasteiger charge is -2.16. The van der Waals surface area contributed by atoms with Crippen LogP contribution in [-0.2, 0) is 4.79 Å². The van der Waals surface area contributed by atoms with Crippen LogP contribution in [0.1, 0.15) is 20.3 Å². The number of carbonyl (C=O) groups excluding carboxylic acids is 1. The molecule has 0 bridgehead atoms. The maximum Gasteiger partial charge on any atom is 0.234 e. The second-order valence-electron chi connectivity index (χ2n) is 4.21. The number of nitrogens with zero attached hydrogens (tertiary/aromatic N) is 1. The van der Waals surface area contributed by atoms with Crippen molar-refractivity contribution < 1.29 is 15.0 Å². The molecule has 1 amide bonds. The van der Waals surface area contributed by atoms with Gasteiger partial charge in [0.05, 0.1) is 18.8 Å². The number of hydrogen-bond acceptors (Lipinski definition) is 4. The van der Waals surface area contributed by atoms with Gasteiger partial charge in [-0.1, -0.05) is 6.92 Å². The highest BCUT2D eigenvalue weighted by atomic mass is 16.3.